The molecular weight excluding hydrogens is 176 g/mol. The second-order valence-corrected chi connectivity index (χ2v) is 2.64. The predicted octanol–water partition coefficient (Wildman–Crippen LogP) is 1.87. The summed E-state index contributed by atoms with van der Waals surface area (Å²) in [5.41, 5.74) is -0.962. The quantitative estimate of drug-likeness (QED) is 0.568. The number of benzene rings is 1. The maximum atomic E-state index is 12.7. The van der Waals surface area contributed by atoms with Crippen molar-refractivity contribution in [1.82, 2.24) is 4.79 Å². The molecule has 0 unspecified atom stereocenters. The summed E-state index contributed by atoms with van der Waals surface area (Å²) in [6, 6.07) is 7.25. The summed E-state index contributed by atoms with van der Waals surface area (Å²) >= 11 is 0. The molecule has 0 fully saturated rings. The summed E-state index contributed by atoms with van der Waals surface area (Å²) in [5, 5.41) is 0.574. The maximum Gasteiger partial charge on any atom is 0.289 e. The van der Waals surface area contributed by atoms with E-state index in [1.165, 1.54) is 6.07 Å². The van der Waals surface area contributed by atoms with Crippen molar-refractivity contribution in [3.8, 4) is 0 Å². The molecule has 2 rings (SSSR count). The summed E-state index contributed by atoms with van der Waals surface area (Å²) in [5.74, 6) is -1.18. The van der Waals surface area contributed by atoms with Gasteiger partial charge >= 0.3 is 0 Å². The molecule has 0 saturated heterocycles. The molecule has 1 aromatic carbocycles. The van der Waals surface area contributed by atoms with Crippen molar-refractivity contribution >= 4 is 10.8 Å². The highest BCUT2D eigenvalue weighted by Crippen LogP contribution is 2.10. The van der Waals surface area contributed by atoms with Gasteiger partial charge < -0.3 is 0 Å². The zero-order valence-corrected chi connectivity index (χ0v) is 6.50. The van der Waals surface area contributed by atoms with Crippen LogP contribution in [0.2, 0.25) is 0 Å². The van der Waals surface area contributed by atoms with Gasteiger partial charge in [-0.2, -0.15) is 4.39 Å². The van der Waals surface area contributed by atoms with Gasteiger partial charge in [0.25, 0.3) is 5.56 Å². The van der Waals surface area contributed by atoms with Crippen molar-refractivity contribution in [2.75, 3.05) is 0 Å². The molecule has 0 atom stereocenters. The zero-order chi connectivity index (χ0) is 9.42. The van der Waals surface area contributed by atoms with Gasteiger partial charge in [-0.1, -0.05) is 22.7 Å². The van der Waals surface area contributed by atoms with Crippen LogP contribution >= 0.6 is 0 Å². The molecule has 0 amide bonds. The van der Waals surface area contributed by atoms with E-state index >= 15 is 0 Å². The van der Waals surface area contributed by atoms with Gasteiger partial charge in [-0.15, -0.1) is 4.79 Å². The van der Waals surface area contributed by atoms with E-state index in [1.807, 2.05) is 0 Å². The molecule has 2 aromatic rings. The average molecular weight is 181 g/mol. The largest absolute Gasteiger partial charge is 0.289 e. The van der Waals surface area contributed by atoms with Gasteiger partial charge in [0.15, 0.2) is 0 Å². The lowest BCUT2D eigenvalue weighted by Crippen LogP contribution is -2.16. The lowest BCUT2D eigenvalue weighted by atomic mass is 10.2. The molecule has 2 nitrogen and oxygen atoms in total. The van der Waals surface area contributed by atoms with E-state index in [4.69, 9.17) is 0 Å². The fraction of sp³-hybridized carbons (Fsp3) is 0. The van der Waals surface area contributed by atoms with Crippen LogP contribution in [0.4, 0.5) is 8.87 Å². The van der Waals surface area contributed by atoms with Gasteiger partial charge in [-0.05, 0) is 11.5 Å². The third-order valence-corrected chi connectivity index (χ3v) is 1.83. The number of nitrogens with zero attached hydrogens (tertiary/aromatic N) is 1. The highest BCUT2D eigenvalue weighted by molar-refractivity contribution is 5.81. The summed E-state index contributed by atoms with van der Waals surface area (Å²) in [7, 11) is 0. The molecular formula is C9H5F2NO. The molecule has 0 aliphatic carbocycles. The minimum atomic E-state index is -1.18. The summed E-state index contributed by atoms with van der Waals surface area (Å²) in [6.07, 6.45) is 0. The van der Waals surface area contributed by atoms with Crippen LogP contribution < -0.4 is 5.56 Å². The Hall–Kier alpha value is -1.71. The Labute approximate surface area is 72.0 Å². The van der Waals surface area contributed by atoms with Crippen LogP contribution in [0.25, 0.3) is 10.8 Å². The Morgan fingerprint density at radius 2 is 1.92 bits per heavy atom. The summed E-state index contributed by atoms with van der Waals surface area (Å²) in [6.45, 7) is 0. The van der Waals surface area contributed by atoms with Gasteiger partial charge in [-0.3, -0.25) is 4.79 Å². The lowest BCUT2D eigenvalue weighted by Gasteiger charge is -1.98. The third-order valence-electron chi connectivity index (χ3n) is 1.83. The maximum absolute atomic E-state index is 12.7. The first-order valence-corrected chi connectivity index (χ1v) is 3.66. The van der Waals surface area contributed by atoms with Crippen molar-refractivity contribution in [3.63, 3.8) is 0 Å². The van der Waals surface area contributed by atoms with Crippen molar-refractivity contribution in [2.24, 2.45) is 0 Å². The number of aromatic nitrogens is 1. The van der Waals surface area contributed by atoms with Crippen molar-refractivity contribution in [2.45, 2.75) is 0 Å². The van der Waals surface area contributed by atoms with Crippen molar-refractivity contribution < 1.29 is 8.87 Å². The fourth-order valence-corrected chi connectivity index (χ4v) is 1.21. The number of hydrogen-bond acceptors (Lipinski definition) is 1. The second-order valence-electron chi connectivity index (χ2n) is 2.64. The number of rotatable bonds is 0. The van der Waals surface area contributed by atoms with Gasteiger partial charge in [0, 0.05) is 11.5 Å². The van der Waals surface area contributed by atoms with E-state index in [2.05, 4.69) is 0 Å². The van der Waals surface area contributed by atoms with Crippen LogP contribution in [-0.4, -0.2) is 4.79 Å². The summed E-state index contributed by atoms with van der Waals surface area (Å²) < 4.78 is 25.4. The molecule has 0 radical (unpaired) electrons. The van der Waals surface area contributed by atoms with E-state index in [9.17, 15) is 13.7 Å². The molecule has 0 N–H and O–H groups in total. The van der Waals surface area contributed by atoms with E-state index in [-0.39, 0.29) is 5.39 Å². The molecule has 1 heterocycles. The van der Waals surface area contributed by atoms with Crippen molar-refractivity contribution in [1.29, 1.82) is 0 Å². The third kappa shape index (κ3) is 1.11. The van der Waals surface area contributed by atoms with E-state index in [0.717, 1.165) is 6.07 Å². The second kappa shape index (κ2) is 2.65. The zero-order valence-electron chi connectivity index (χ0n) is 6.50. The lowest BCUT2D eigenvalue weighted by molar-refractivity contribution is 0.284. The van der Waals surface area contributed by atoms with E-state index < -0.39 is 16.3 Å². The molecule has 0 saturated carbocycles. The van der Waals surface area contributed by atoms with E-state index in [1.54, 1.807) is 18.2 Å². The van der Waals surface area contributed by atoms with Crippen LogP contribution in [-0.2, 0) is 0 Å². The average Bonchev–Trinajstić information content (AvgIpc) is 2.15. The fourth-order valence-electron chi connectivity index (χ4n) is 1.21. The Morgan fingerprint density at radius 3 is 2.69 bits per heavy atom. The molecule has 0 aliphatic rings. The molecule has 4 heteroatoms. The van der Waals surface area contributed by atoms with Gasteiger partial charge in [0.1, 0.15) is 0 Å². The van der Waals surface area contributed by atoms with Crippen LogP contribution in [0.15, 0.2) is 35.1 Å². The minimum absolute atomic E-state index is 0.173. The number of halogens is 2. The van der Waals surface area contributed by atoms with Gasteiger partial charge in [0.2, 0.25) is 5.95 Å². The van der Waals surface area contributed by atoms with Gasteiger partial charge in [0.05, 0.1) is 0 Å². The highest BCUT2D eigenvalue weighted by atomic mass is 19.2. The van der Waals surface area contributed by atoms with Crippen LogP contribution in [0.1, 0.15) is 0 Å². The summed E-state index contributed by atoms with van der Waals surface area (Å²) in [4.78, 5) is 10.6. The SMILES string of the molecule is O=c1c2ccccc2cc(F)n1F. The smallest absolute Gasteiger partial charge is 0.266 e. The van der Waals surface area contributed by atoms with Crippen LogP contribution in [0, 0.1) is 5.95 Å². The first-order chi connectivity index (χ1) is 6.20. The highest BCUT2D eigenvalue weighted by Gasteiger charge is 2.06. The monoisotopic (exact) mass is 181 g/mol. The van der Waals surface area contributed by atoms with Crippen LogP contribution in [0.5, 0.6) is 0 Å². The number of fused-ring (bicyclic) bond motifs is 1. The normalized spacial score (nSPS) is 10.6. The molecule has 13 heavy (non-hydrogen) atoms. The number of hydrogen-bond donors (Lipinski definition) is 0. The molecule has 1 aromatic heterocycles. The standard InChI is InChI=1S/C9H5F2NO/c10-8-5-6-3-1-2-4-7(6)9(13)12(8)11/h1-5H. The Bertz CT molecular complexity index is 518. The molecule has 0 spiro atoms. The van der Waals surface area contributed by atoms with E-state index in [0.29, 0.717) is 5.39 Å². The predicted molar refractivity (Wildman–Crippen MR) is 44.7 cm³/mol. The van der Waals surface area contributed by atoms with Crippen LogP contribution in [0.3, 0.4) is 0 Å². The first kappa shape index (κ1) is 7.91. The molecule has 0 aliphatic heterocycles. The molecule has 66 valence electrons. The topological polar surface area (TPSA) is 22.0 Å². The Morgan fingerprint density at radius 1 is 1.23 bits per heavy atom. The first-order valence-electron chi connectivity index (χ1n) is 3.66. The Kier molecular flexibility index (Phi) is 1.62. The Balaban J connectivity index is 3.03. The van der Waals surface area contributed by atoms with Gasteiger partial charge in [-0.25, -0.2) is 0 Å². The number of pyridine rings is 1. The minimum Gasteiger partial charge on any atom is -0.266 e. The van der Waals surface area contributed by atoms with Crippen molar-refractivity contribution in [3.05, 3.63) is 46.6 Å². The molecule has 0 bridgehead atoms.